The third kappa shape index (κ3) is 6.47. The van der Waals surface area contributed by atoms with Gasteiger partial charge < -0.3 is 19.9 Å². The molecule has 0 spiro atoms. The van der Waals surface area contributed by atoms with E-state index in [0.29, 0.717) is 32.9 Å². The van der Waals surface area contributed by atoms with E-state index in [9.17, 15) is 19.5 Å². The van der Waals surface area contributed by atoms with E-state index in [1.54, 1.807) is 72.5 Å². The van der Waals surface area contributed by atoms with Crippen LogP contribution in [0.15, 0.2) is 79.3 Å². The quantitative estimate of drug-likeness (QED) is 0.196. The molecule has 0 aliphatic rings. The number of benzene rings is 3. The van der Waals surface area contributed by atoms with E-state index in [1.807, 2.05) is 12.1 Å². The van der Waals surface area contributed by atoms with Gasteiger partial charge in [0.15, 0.2) is 11.6 Å². The van der Waals surface area contributed by atoms with Crippen molar-refractivity contribution in [1.82, 2.24) is 19.4 Å². The number of aliphatic hydroxyl groups excluding tert-OH is 1. The molecule has 9 nitrogen and oxygen atoms in total. The molecule has 0 aliphatic heterocycles. The Morgan fingerprint density at radius 3 is 2.38 bits per heavy atom. The van der Waals surface area contributed by atoms with E-state index in [0.717, 1.165) is 16.0 Å². The molecule has 0 bridgehead atoms. The molecule has 2 heterocycles. The number of nitrogens with one attached hydrogen (secondary N) is 1. The fourth-order valence-corrected chi connectivity index (χ4v) is 5.52. The first-order valence-electron chi connectivity index (χ1n) is 14.2. The average Bonchev–Trinajstić information content (AvgIpc) is 3.36. The van der Waals surface area contributed by atoms with Crippen molar-refractivity contribution >= 4 is 45.8 Å². The highest BCUT2D eigenvalue weighted by atomic mass is 35.5. The highest BCUT2D eigenvalue weighted by Gasteiger charge is 2.32. The zero-order valence-electron chi connectivity index (χ0n) is 25.1. The van der Waals surface area contributed by atoms with Crippen LogP contribution in [0.4, 0.5) is 10.1 Å². The lowest BCUT2D eigenvalue weighted by molar-refractivity contribution is -0.140. The SMILES string of the molecule is CC(=O)c1cn(CC(=O)N(C)[C@H](C(=O)Nc2cccc(-c3ccccc3Cl)c2F)[C@@H](C)O)c2ccc(-c3cnc(C)nc3)cc12. The lowest BCUT2D eigenvalue weighted by Crippen LogP contribution is -2.51. The normalized spacial score (nSPS) is 12.5. The van der Waals surface area contributed by atoms with Gasteiger partial charge in [0.2, 0.25) is 11.8 Å². The number of anilines is 1. The van der Waals surface area contributed by atoms with E-state index in [1.165, 1.54) is 27.0 Å². The van der Waals surface area contributed by atoms with E-state index >= 15 is 4.39 Å². The first-order chi connectivity index (χ1) is 21.5. The fourth-order valence-electron chi connectivity index (χ4n) is 5.28. The maximum atomic E-state index is 15.5. The van der Waals surface area contributed by atoms with Gasteiger partial charge in [0, 0.05) is 63.8 Å². The Balaban J connectivity index is 1.39. The Labute approximate surface area is 264 Å². The molecule has 5 aromatic rings. The van der Waals surface area contributed by atoms with Gasteiger partial charge in [-0.25, -0.2) is 14.4 Å². The van der Waals surface area contributed by atoms with Gasteiger partial charge in [0.1, 0.15) is 18.4 Å². The molecule has 2 aromatic heterocycles. The van der Waals surface area contributed by atoms with Crippen molar-refractivity contribution in [1.29, 1.82) is 0 Å². The van der Waals surface area contributed by atoms with Gasteiger partial charge in [0.05, 0.1) is 11.8 Å². The summed E-state index contributed by atoms with van der Waals surface area (Å²) in [7, 11) is 1.39. The van der Waals surface area contributed by atoms with Crippen molar-refractivity contribution in [2.24, 2.45) is 0 Å². The highest BCUT2D eigenvalue weighted by Crippen LogP contribution is 2.33. The Kier molecular flexibility index (Phi) is 9.08. The number of aromatic nitrogens is 3. The van der Waals surface area contributed by atoms with Crippen molar-refractivity contribution in [2.75, 3.05) is 12.4 Å². The molecule has 0 aliphatic carbocycles. The standard InChI is InChI=1S/C34H31ClFN5O4/c1-19(42)27-17-41(30-13-12-22(14-26(27)30)23-15-37-21(3)38-16-23)18-31(44)40(4)33(20(2)43)34(45)39-29-11-7-9-25(32(29)36)24-8-5-6-10-28(24)35/h5-17,20,33,43H,18H2,1-4H3,(H,39,45)/t20-,33+/m1/s1. The maximum Gasteiger partial charge on any atom is 0.249 e. The van der Waals surface area contributed by atoms with Gasteiger partial charge in [-0.2, -0.15) is 0 Å². The molecular weight excluding hydrogens is 597 g/mol. The van der Waals surface area contributed by atoms with Crippen LogP contribution in [0.1, 0.15) is 30.0 Å². The van der Waals surface area contributed by atoms with Gasteiger partial charge in [0.25, 0.3) is 0 Å². The summed E-state index contributed by atoms with van der Waals surface area (Å²) in [5.41, 5.74) is 3.17. The number of amides is 2. The molecule has 230 valence electrons. The molecule has 0 saturated carbocycles. The number of rotatable bonds is 9. The number of likely N-dealkylation sites (N-methyl/N-ethyl adjacent to an activating group) is 1. The summed E-state index contributed by atoms with van der Waals surface area (Å²) >= 11 is 6.26. The zero-order chi connectivity index (χ0) is 32.4. The predicted octanol–water partition coefficient (Wildman–Crippen LogP) is 5.92. The molecule has 0 fully saturated rings. The minimum Gasteiger partial charge on any atom is -0.391 e. The largest absolute Gasteiger partial charge is 0.391 e. The van der Waals surface area contributed by atoms with Gasteiger partial charge in [-0.1, -0.05) is 48.0 Å². The number of hydrogen-bond acceptors (Lipinski definition) is 6. The molecule has 11 heteroatoms. The lowest BCUT2D eigenvalue weighted by atomic mass is 10.0. The number of carbonyl (C=O) groups excluding carboxylic acids is 3. The third-order valence-electron chi connectivity index (χ3n) is 7.64. The molecule has 0 radical (unpaired) electrons. The van der Waals surface area contributed by atoms with Crippen LogP contribution >= 0.6 is 11.6 Å². The maximum absolute atomic E-state index is 15.5. The van der Waals surface area contributed by atoms with E-state index in [4.69, 9.17) is 11.6 Å². The van der Waals surface area contributed by atoms with E-state index in [2.05, 4.69) is 15.3 Å². The third-order valence-corrected chi connectivity index (χ3v) is 7.97. The number of ketones is 1. The molecule has 2 N–H and O–H groups in total. The topological polar surface area (TPSA) is 117 Å². The summed E-state index contributed by atoms with van der Waals surface area (Å²) < 4.78 is 17.2. The summed E-state index contributed by atoms with van der Waals surface area (Å²) in [6.07, 6.45) is 3.71. The second-order valence-electron chi connectivity index (χ2n) is 10.8. The van der Waals surface area contributed by atoms with Gasteiger partial charge >= 0.3 is 0 Å². The number of aliphatic hydroxyl groups is 1. The smallest absolute Gasteiger partial charge is 0.249 e. The number of carbonyl (C=O) groups is 3. The zero-order valence-corrected chi connectivity index (χ0v) is 25.8. The monoisotopic (exact) mass is 627 g/mol. The first kappa shape index (κ1) is 31.5. The number of nitrogens with zero attached hydrogens (tertiary/aromatic N) is 4. The molecule has 2 atom stereocenters. The molecule has 3 aromatic carbocycles. The van der Waals surface area contributed by atoms with Crippen LogP contribution in [0.25, 0.3) is 33.2 Å². The second-order valence-corrected chi connectivity index (χ2v) is 11.2. The fraction of sp³-hybridized carbons (Fsp3) is 0.206. The van der Waals surface area contributed by atoms with Crippen molar-refractivity contribution in [3.63, 3.8) is 0 Å². The van der Waals surface area contributed by atoms with Crippen LogP contribution < -0.4 is 5.32 Å². The molecule has 0 saturated heterocycles. The lowest BCUT2D eigenvalue weighted by Gasteiger charge is -2.29. The summed E-state index contributed by atoms with van der Waals surface area (Å²) in [4.78, 5) is 49.1. The van der Waals surface area contributed by atoms with E-state index in [-0.39, 0.29) is 23.6 Å². The van der Waals surface area contributed by atoms with Crippen LogP contribution in [0.5, 0.6) is 0 Å². The van der Waals surface area contributed by atoms with Crippen LogP contribution in [0, 0.1) is 12.7 Å². The average molecular weight is 628 g/mol. The first-order valence-corrected chi connectivity index (χ1v) is 14.5. The molecule has 45 heavy (non-hydrogen) atoms. The highest BCUT2D eigenvalue weighted by molar-refractivity contribution is 6.33. The summed E-state index contributed by atoms with van der Waals surface area (Å²) in [6, 6.07) is 15.4. The van der Waals surface area contributed by atoms with E-state index < -0.39 is 29.8 Å². The van der Waals surface area contributed by atoms with Crippen LogP contribution in [-0.2, 0) is 16.1 Å². The molecule has 0 unspecified atom stereocenters. The van der Waals surface area contributed by atoms with Gasteiger partial charge in [-0.3, -0.25) is 14.4 Å². The predicted molar refractivity (Wildman–Crippen MR) is 171 cm³/mol. The minimum absolute atomic E-state index is 0.124. The van der Waals surface area contributed by atoms with Crippen molar-refractivity contribution in [3.05, 3.63) is 101 Å². The Hall–Kier alpha value is -4.93. The molecule has 5 rings (SSSR count). The molecular formula is C34H31ClFN5O4. The van der Waals surface area contributed by atoms with Crippen molar-refractivity contribution in [3.8, 4) is 22.3 Å². The number of fused-ring (bicyclic) bond motifs is 1. The number of aryl methyl sites for hydroxylation is 1. The minimum atomic E-state index is -1.34. The summed E-state index contributed by atoms with van der Waals surface area (Å²) in [5.74, 6) is -1.53. The second kappa shape index (κ2) is 13.0. The Morgan fingerprint density at radius 2 is 1.71 bits per heavy atom. The van der Waals surface area contributed by atoms with Crippen LogP contribution in [0.3, 0.4) is 0 Å². The Bertz CT molecular complexity index is 1920. The van der Waals surface area contributed by atoms with Crippen LogP contribution in [-0.4, -0.2) is 61.3 Å². The summed E-state index contributed by atoms with van der Waals surface area (Å²) in [5, 5.41) is 14.1. The van der Waals surface area contributed by atoms with Gasteiger partial charge in [-0.15, -0.1) is 0 Å². The number of Topliss-reactive ketones (excluding diaryl/α,β-unsaturated/α-hetero) is 1. The summed E-state index contributed by atoms with van der Waals surface area (Å²) in [6.45, 7) is 4.39. The van der Waals surface area contributed by atoms with Crippen molar-refractivity contribution in [2.45, 2.75) is 39.5 Å². The number of halogens is 2. The number of hydrogen-bond donors (Lipinski definition) is 2. The van der Waals surface area contributed by atoms with Gasteiger partial charge in [-0.05, 0) is 50.6 Å². The Morgan fingerprint density at radius 1 is 1.02 bits per heavy atom. The van der Waals surface area contributed by atoms with Crippen LogP contribution in [0.2, 0.25) is 5.02 Å². The van der Waals surface area contributed by atoms with Crippen molar-refractivity contribution < 1.29 is 23.9 Å². The molecule has 2 amide bonds.